The molecule has 0 spiro atoms. The van der Waals surface area contributed by atoms with E-state index in [1.165, 1.54) is 89.9 Å². The van der Waals surface area contributed by atoms with Crippen LogP contribution < -0.4 is 0 Å². The van der Waals surface area contributed by atoms with E-state index >= 15 is 0 Å². The normalized spacial score (nSPS) is 14.6. The lowest BCUT2D eigenvalue weighted by atomic mass is 9.88. The third-order valence-corrected chi connectivity index (χ3v) is 5.56. The molecule has 0 saturated heterocycles. The maximum Gasteiger partial charge on any atom is -0.0322 e. The molecule has 0 N–H and O–H groups in total. The molecule has 0 amide bonds. The lowest BCUT2D eigenvalue weighted by Gasteiger charge is -2.18. The SMILES string of the molecule is CCCCCCC(C)C(C)CC=CCCCCCCCCC(C)C. The number of hydrogen-bond donors (Lipinski definition) is 0. The summed E-state index contributed by atoms with van der Waals surface area (Å²) in [5, 5.41) is 0. The second-order valence-electron chi connectivity index (χ2n) is 8.60. The van der Waals surface area contributed by atoms with Crippen LogP contribution >= 0.6 is 0 Å². The summed E-state index contributed by atoms with van der Waals surface area (Å²) in [5.41, 5.74) is 0. The largest absolute Gasteiger partial charge is 0.0885 e. The van der Waals surface area contributed by atoms with Crippen molar-refractivity contribution >= 4 is 0 Å². The Kier molecular flexibility index (Phi) is 17.4. The Bertz CT molecular complexity index is 263. The summed E-state index contributed by atoms with van der Waals surface area (Å²) in [6, 6.07) is 0. The van der Waals surface area contributed by atoms with Crippen molar-refractivity contribution in [3.63, 3.8) is 0 Å². The molecule has 0 heteroatoms. The Hall–Kier alpha value is -0.260. The minimum absolute atomic E-state index is 0.851. The zero-order valence-electron chi connectivity index (χ0n) is 17.8. The summed E-state index contributed by atoms with van der Waals surface area (Å²) in [7, 11) is 0. The molecule has 0 saturated carbocycles. The Labute approximate surface area is 154 Å². The first-order chi connectivity index (χ1) is 11.6. The van der Waals surface area contributed by atoms with Crippen molar-refractivity contribution in [1.29, 1.82) is 0 Å². The van der Waals surface area contributed by atoms with Crippen molar-refractivity contribution in [3.8, 4) is 0 Å². The number of unbranched alkanes of at least 4 members (excludes halogenated alkanes) is 9. The molecule has 2 atom stereocenters. The minimum atomic E-state index is 0.851. The van der Waals surface area contributed by atoms with Gasteiger partial charge in [-0.2, -0.15) is 0 Å². The van der Waals surface area contributed by atoms with Crippen LogP contribution in [0.3, 0.4) is 0 Å². The van der Waals surface area contributed by atoms with Crippen molar-refractivity contribution in [2.45, 2.75) is 125 Å². The summed E-state index contributed by atoms with van der Waals surface area (Å²) in [6.07, 6.45) is 24.5. The number of hydrogen-bond acceptors (Lipinski definition) is 0. The fourth-order valence-corrected chi connectivity index (χ4v) is 3.36. The molecule has 0 aliphatic heterocycles. The lowest BCUT2D eigenvalue weighted by molar-refractivity contribution is 0.353. The van der Waals surface area contributed by atoms with E-state index in [0.29, 0.717) is 0 Å². The zero-order valence-corrected chi connectivity index (χ0v) is 17.8. The van der Waals surface area contributed by atoms with Gasteiger partial charge in [-0.1, -0.05) is 117 Å². The standard InChI is InChI=1S/C24H48/c1-6-7-8-17-20-23(4)24(5)21-18-15-13-11-9-10-12-14-16-19-22(2)3/h15,18,22-24H,6-14,16-17,19-21H2,1-5H3. The zero-order chi connectivity index (χ0) is 18.0. The molecule has 0 aromatic carbocycles. The monoisotopic (exact) mass is 336 g/mol. The van der Waals surface area contributed by atoms with Crippen molar-refractivity contribution in [2.75, 3.05) is 0 Å². The van der Waals surface area contributed by atoms with Crippen LogP contribution in [0.25, 0.3) is 0 Å². The molecule has 0 bridgehead atoms. The van der Waals surface area contributed by atoms with E-state index < -0.39 is 0 Å². The fourth-order valence-electron chi connectivity index (χ4n) is 3.36. The quantitative estimate of drug-likeness (QED) is 0.184. The highest BCUT2D eigenvalue weighted by Crippen LogP contribution is 2.22. The van der Waals surface area contributed by atoms with Crippen molar-refractivity contribution in [2.24, 2.45) is 17.8 Å². The first kappa shape index (κ1) is 23.7. The molecule has 0 aromatic heterocycles. The molecule has 2 unspecified atom stereocenters. The lowest BCUT2D eigenvalue weighted by Crippen LogP contribution is -2.06. The van der Waals surface area contributed by atoms with Gasteiger partial charge in [-0.25, -0.2) is 0 Å². The molecule has 0 aliphatic rings. The van der Waals surface area contributed by atoms with Crippen molar-refractivity contribution < 1.29 is 0 Å². The van der Waals surface area contributed by atoms with E-state index in [9.17, 15) is 0 Å². The number of allylic oxidation sites excluding steroid dienone is 2. The third-order valence-electron chi connectivity index (χ3n) is 5.56. The van der Waals surface area contributed by atoms with Crippen LogP contribution in [0, 0.1) is 17.8 Å². The first-order valence-corrected chi connectivity index (χ1v) is 11.2. The highest BCUT2D eigenvalue weighted by Gasteiger charge is 2.09. The van der Waals surface area contributed by atoms with Crippen LogP contribution in [-0.4, -0.2) is 0 Å². The summed E-state index contributed by atoms with van der Waals surface area (Å²) < 4.78 is 0. The Morgan fingerprint density at radius 2 is 1.17 bits per heavy atom. The summed E-state index contributed by atoms with van der Waals surface area (Å²) >= 11 is 0. The Morgan fingerprint density at radius 1 is 0.583 bits per heavy atom. The molecule has 0 aromatic rings. The van der Waals surface area contributed by atoms with Gasteiger partial charge in [0.1, 0.15) is 0 Å². The molecule has 0 aliphatic carbocycles. The highest BCUT2D eigenvalue weighted by molar-refractivity contribution is 4.84. The predicted molar refractivity (Wildman–Crippen MR) is 113 cm³/mol. The fraction of sp³-hybridized carbons (Fsp3) is 0.917. The molecule has 0 rings (SSSR count). The van der Waals surface area contributed by atoms with Crippen molar-refractivity contribution in [3.05, 3.63) is 12.2 Å². The van der Waals surface area contributed by atoms with Crippen LogP contribution in [0.4, 0.5) is 0 Å². The van der Waals surface area contributed by atoms with E-state index in [4.69, 9.17) is 0 Å². The van der Waals surface area contributed by atoms with Crippen LogP contribution in [0.2, 0.25) is 0 Å². The van der Waals surface area contributed by atoms with Gasteiger partial charge in [-0.05, 0) is 37.0 Å². The smallest absolute Gasteiger partial charge is 0.0322 e. The Balaban J connectivity index is 3.41. The van der Waals surface area contributed by atoms with Crippen LogP contribution in [0.1, 0.15) is 125 Å². The molecule has 0 heterocycles. The van der Waals surface area contributed by atoms with Crippen LogP contribution in [0.15, 0.2) is 12.2 Å². The molecule has 144 valence electrons. The highest BCUT2D eigenvalue weighted by atomic mass is 14.2. The van der Waals surface area contributed by atoms with Gasteiger partial charge in [-0.3, -0.25) is 0 Å². The molecule has 24 heavy (non-hydrogen) atoms. The van der Waals surface area contributed by atoms with Gasteiger partial charge in [0.05, 0.1) is 0 Å². The van der Waals surface area contributed by atoms with Gasteiger partial charge in [0.2, 0.25) is 0 Å². The molecule has 0 fully saturated rings. The van der Waals surface area contributed by atoms with Gasteiger partial charge in [0.15, 0.2) is 0 Å². The van der Waals surface area contributed by atoms with E-state index in [1.54, 1.807) is 0 Å². The third kappa shape index (κ3) is 16.6. The van der Waals surface area contributed by atoms with E-state index in [-0.39, 0.29) is 0 Å². The van der Waals surface area contributed by atoms with Gasteiger partial charge in [0.25, 0.3) is 0 Å². The maximum atomic E-state index is 2.45. The van der Waals surface area contributed by atoms with Gasteiger partial charge >= 0.3 is 0 Å². The van der Waals surface area contributed by atoms with Crippen LogP contribution in [0.5, 0.6) is 0 Å². The number of rotatable bonds is 17. The van der Waals surface area contributed by atoms with Gasteiger partial charge < -0.3 is 0 Å². The molecular formula is C24H48. The Morgan fingerprint density at radius 3 is 1.83 bits per heavy atom. The van der Waals surface area contributed by atoms with Gasteiger partial charge in [-0.15, -0.1) is 0 Å². The predicted octanol–water partition coefficient (Wildman–Crippen LogP) is 8.95. The van der Waals surface area contributed by atoms with Gasteiger partial charge in [0, 0.05) is 0 Å². The summed E-state index contributed by atoms with van der Waals surface area (Å²) in [6.45, 7) is 11.8. The average molecular weight is 337 g/mol. The topological polar surface area (TPSA) is 0 Å². The summed E-state index contributed by atoms with van der Waals surface area (Å²) in [4.78, 5) is 0. The van der Waals surface area contributed by atoms with E-state index in [2.05, 4.69) is 46.8 Å². The van der Waals surface area contributed by atoms with E-state index in [0.717, 1.165) is 17.8 Å². The van der Waals surface area contributed by atoms with Crippen LogP contribution in [-0.2, 0) is 0 Å². The van der Waals surface area contributed by atoms with E-state index in [1.807, 2.05) is 0 Å². The average Bonchev–Trinajstić information content (AvgIpc) is 2.55. The molecular weight excluding hydrogens is 288 g/mol. The second kappa shape index (κ2) is 17.6. The second-order valence-corrected chi connectivity index (χ2v) is 8.60. The maximum absolute atomic E-state index is 2.45. The molecule has 0 nitrogen and oxygen atoms in total. The summed E-state index contributed by atoms with van der Waals surface area (Å²) in [5.74, 6) is 2.62. The molecule has 0 radical (unpaired) electrons. The van der Waals surface area contributed by atoms with Crippen molar-refractivity contribution in [1.82, 2.24) is 0 Å². The minimum Gasteiger partial charge on any atom is -0.0885 e. The first-order valence-electron chi connectivity index (χ1n) is 11.2.